The fourth-order valence-electron chi connectivity index (χ4n) is 6.38. The maximum absolute atomic E-state index is 6.64. The molecule has 3 heterocycles. The molecule has 0 saturated heterocycles. The molecule has 0 radical (unpaired) electrons. The number of benzene rings is 6. The minimum atomic E-state index is -0.259. The first-order valence-corrected chi connectivity index (χ1v) is 14.7. The van der Waals surface area contributed by atoms with Gasteiger partial charge in [-0.2, -0.15) is 0 Å². The largest absolute Gasteiger partial charge is 0.464 e. The molecule has 41 heavy (non-hydrogen) atoms. The summed E-state index contributed by atoms with van der Waals surface area (Å²) in [5.41, 5.74) is 8.15. The lowest BCUT2D eigenvalue weighted by atomic mass is 10.0. The molecule has 1 aliphatic heterocycles. The molecule has 9 rings (SSSR count). The summed E-state index contributed by atoms with van der Waals surface area (Å²) in [5, 5.41) is 8.78. The number of thiophene rings is 1. The second-order valence-corrected chi connectivity index (χ2v) is 11.6. The molecule has 6 aromatic carbocycles. The summed E-state index contributed by atoms with van der Waals surface area (Å²) >= 11 is 1.85. The first kappa shape index (κ1) is 22.7. The predicted octanol–water partition coefficient (Wildman–Crippen LogP) is 10.3. The van der Waals surface area contributed by atoms with E-state index in [1.54, 1.807) is 0 Å². The molecule has 4 heteroatoms. The van der Waals surface area contributed by atoms with Gasteiger partial charge in [0.25, 0.3) is 0 Å². The van der Waals surface area contributed by atoms with E-state index >= 15 is 0 Å². The van der Waals surface area contributed by atoms with Crippen LogP contribution in [0.2, 0.25) is 0 Å². The molecule has 3 nitrogen and oxygen atoms in total. The Hall–Kier alpha value is -5.06. The first-order chi connectivity index (χ1) is 20.3. The molecule has 1 atom stereocenters. The third-order valence-electron chi connectivity index (χ3n) is 8.25. The van der Waals surface area contributed by atoms with Gasteiger partial charge < -0.3 is 14.6 Å². The third-order valence-corrected chi connectivity index (χ3v) is 9.46. The van der Waals surface area contributed by atoms with Crippen molar-refractivity contribution in [2.75, 3.05) is 5.32 Å². The van der Waals surface area contributed by atoms with Crippen molar-refractivity contribution >= 4 is 59.0 Å². The Morgan fingerprint density at radius 2 is 1.27 bits per heavy atom. The number of anilines is 1. The molecule has 0 spiro atoms. The molecule has 1 unspecified atom stereocenters. The van der Waals surface area contributed by atoms with Gasteiger partial charge >= 0.3 is 0 Å². The molecule has 1 N–H and O–H groups in total. The van der Waals surface area contributed by atoms with Gasteiger partial charge in [-0.3, -0.25) is 0 Å². The van der Waals surface area contributed by atoms with E-state index in [9.17, 15) is 0 Å². The van der Waals surface area contributed by atoms with Crippen molar-refractivity contribution in [1.29, 1.82) is 0 Å². The fraction of sp³-hybridized carbons (Fsp3) is 0.0270. The van der Waals surface area contributed by atoms with Crippen molar-refractivity contribution in [3.05, 3.63) is 139 Å². The molecule has 0 saturated carbocycles. The molecule has 0 aliphatic carbocycles. The SMILES string of the molecule is c1ccc(-c2cc3c(c4c2sc2ccccc24)NC(c2ccc(-n4c5ccccc5c5ccccc54)cc2)O3)cc1. The Morgan fingerprint density at radius 3 is 2.00 bits per heavy atom. The topological polar surface area (TPSA) is 26.2 Å². The highest BCUT2D eigenvalue weighted by Gasteiger charge is 2.29. The van der Waals surface area contributed by atoms with Gasteiger partial charge in [-0.05, 0) is 42.0 Å². The minimum Gasteiger partial charge on any atom is -0.464 e. The van der Waals surface area contributed by atoms with E-state index in [1.807, 2.05) is 11.3 Å². The van der Waals surface area contributed by atoms with Crippen molar-refractivity contribution in [1.82, 2.24) is 4.57 Å². The van der Waals surface area contributed by atoms with E-state index in [1.165, 1.54) is 53.1 Å². The average Bonchev–Trinajstić information content (AvgIpc) is 3.73. The van der Waals surface area contributed by atoms with E-state index in [0.29, 0.717) is 0 Å². The van der Waals surface area contributed by atoms with Crippen LogP contribution in [0.4, 0.5) is 5.69 Å². The lowest BCUT2D eigenvalue weighted by Crippen LogP contribution is -2.10. The van der Waals surface area contributed by atoms with Gasteiger partial charge in [0.1, 0.15) is 5.75 Å². The summed E-state index contributed by atoms with van der Waals surface area (Å²) in [4.78, 5) is 0. The molecular weight excluding hydrogens is 520 g/mol. The lowest BCUT2D eigenvalue weighted by Gasteiger charge is -2.14. The number of aromatic nitrogens is 1. The van der Waals surface area contributed by atoms with Crippen LogP contribution >= 0.6 is 11.3 Å². The second kappa shape index (κ2) is 8.72. The van der Waals surface area contributed by atoms with E-state index in [2.05, 4.69) is 143 Å². The van der Waals surface area contributed by atoms with Crippen molar-refractivity contribution in [3.63, 3.8) is 0 Å². The standard InChI is InChI=1S/C37H24N2OS/c1-2-10-23(11-3-1)29-22-32-35(34-28-14-6-9-17-33(28)41-36(29)34)38-37(40-32)24-18-20-25(21-19-24)39-30-15-7-4-12-26(30)27-13-5-8-16-31(27)39/h1-22,37-38H. The third kappa shape index (κ3) is 3.38. The number of para-hydroxylation sites is 2. The number of rotatable bonds is 3. The molecule has 0 amide bonds. The molecule has 8 aromatic rings. The normalized spacial score (nSPS) is 14.5. The van der Waals surface area contributed by atoms with Crippen LogP contribution in [0.25, 0.3) is 58.8 Å². The van der Waals surface area contributed by atoms with Gasteiger partial charge in [0.2, 0.25) is 0 Å². The molecule has 194 valence electrons. The quantitative estimate of drug-likeness (QED) is 0.239. The van der Waals surface area contributed by atoms with Crippen LogP contribution in [-0.4, -0.2) is 4.57 Å². The Morgan fingerprint density at radius 1 is 0.634 bits per heavy atom. The average molecular weight is 545 g/mol. The highest BCUT2D eigenvalue weighted by Crippen LogP contribution is 2.51. The number of hydrogen-bond acceptors (Lipinski definition) is 3. The van der Waals surface area contributed by atoms with Crippen LogP contribution in [-0.2, 0) is 0 Å². The maximum atomic E-state index is 6.64. The van der Waals surface area contributed by atoms with Crippen LogP contribution in [0.15, 0.2) is 133 Å². The minimum absolute atomic E-state index is 0.259. The van der Waals surface area contributed by atoms with Gasteiger partial charge in [0, 0.05) is 47.8 Å². The predicted molar refractivity (Wildman–Crippen MR) is 173 cm³/mol. The van der Waals surface area contributed by atoms with Gasteiger partial charge in [0.15, 0.2) is 6.23 Å². The zero-order valence-electron chi connectivity index (χ0n) is 22.0. The van der Waals surface area contributed by atoms with Crippen LogP contribution in [0.1, 0.15) is 11.8 Å². The zero-order chi connectivity index (χ0) is 26.9. The summed E-state index contributed by atoms with van der Waals surface area (Å²) in [6, 6.07) is 47.5. The Kier molecular flexibility index (Phi) is 4.83. The maximum Gasteiger partial charge on any atom is 0.196 e. The summed E-state index contributed by atoms with van der Waals surface area (Å²) in [6.07, 6.45) is -0.259. The van der Waals surface area contributed by atoms with Crippen LogP contribution in [0.3, 0.4) is 0 Å². The smallest absolute Gasteiger partial charge is 0.196 e. The van der Waals surface area contributed by atoms with Crippen molar-refractivity contribution in [2.45, 2.75) is 6.23 Å². The number of nitrogens with one attached hydrogen (secondary N) is 1. The van der Waals surface area contributed by atoms with Gasteiger partial charge in [0.05, 0.1) is 16.7 Å². The summed E-state index contributed by atoms with van der Waals surface area (Å²) < 4.78 is 11.6. The van der Waals surface area contributed by atoms with Crippen molar-refractivity contribution < 1.29 is 4.74 Å². The van der Waals surface area contributed by atoms with E-state index in [4.69, 9.17) is 4.74 Å². The number of ether oxygens (including phenoxy) is 1. The van der Waals surface area contributed by atoms with Crippen LogP contribution in [0.5, 0.6) is 5.75 Å². The summed E-state index contributed by atoms with van der Waals surface area (Å²) in [5.74, 6) is 0.899. The molecule has 0 fully saturated rings. The van der Waals surface area contributed by atoms with Gasteiger partial charge in [-0.1, -0.05) is 97.1 Å². The number of hydrogen-bond donors (Lipinski definition) is 1. The lowest BCUT2D eigenvalue weighted by molar-refractivity contribution is 0.260. The Labute approximate surface area is 240 Å². The zero-order valence-corrected chi connectivity index (χ0v) is 22.9. The van der Waals surface area contributed by atoms with E-state index < -0.39 is 0 Å². The molecule has 0 bridgehead atoms. The van der Waals surface area contributed by atoms with Crippen molar-refractivity contribution in [2.24, 2.45) is 0 Å². The monoisotopic (exact) mass is 544 g/mol. The molecule has 2 aromatic heterocycles. The highest BCUT2D eigenvalue weighted by molar-refractivity contribution is 7.26. The Balaban J connectivity index is 1.15. The number of fused-ring (bicyclic) bond motifs is 8. The van der Waals surface area contributed by atoms with Crippen molar-refractivity contribution in [3.8, 4) is 22.6 Å². The fourth-order valence-corrected chi connectivity index (χ4v) is 7.63. The first-order valence-electron chi connectivity index (χ1n) is 13.9. The van der Waals surface area contributed by atoms with E-state index in [0.717, 1.165) is 22.7 Å². The molecule has 1 aliphatic rings. The van der Waals surface area contributed by atoms with Crippen LogP contribution < -0.4 is 10.1 Å². The van der Waals surface area contributed by atoms with Gasteiger partial charge in [-0.15, -0.1) is 11.3 Å². The van der Waals surface area contributed by atoms with Crippen LogP contribution in [0, 0.1) is 0 Å². The second-order valence-electron chi connectivity index (χ2n) is 10.6. The van der Waals surface area contributed by atoms with E-state index in [-0.39, 0.29) is 6.23 Å². The summed E-state index contributed by atoms with van der Waals surface area (Å²) in [6.45, 7) is 0. The highest BCUT2D eigenvalue weighted by atomic mass is 32.1. The summed E-state index contributed by atoms with van der Waals surface area (Å²) in [7, 11) is 0. The molecular formula is C37H24N2OS. The van der Waals surface area contributed by atoms with Gasteiger partial charge in [-0.25, -0.2) is 0 Å². The number of nitrogens with zero attached hydrogens (tertiary/aromatic N) is 1. The Bertz CT molecular complexity index is 2210.